The monoisotopic (exact) mass is 255 g/mol. The number of piperidine rings is 1. The minimum absolute atomic E-state index is 0.0691. The van der Waals surface area contributed by atoms with Crippen molar-refractivity contribution in [3.63, 3.8) is 0 Å². The SMILES string of the molecule is N#C[C@@H]1C[C@@H]2C[C@@H]2N1C(=O)[C@@H](N)Cc1ccccc1. The summed E-state index contributed by atoms with van der Waals surface area (Å²) >= 11 is 0. The molecular formula is C15H17N3O. The lowest BCUT2D eigenvalue weighted by Gasteiger charge is -2.25. The second-order valence-electron chi connectivity index (χ2n) is 5.49. The average molecular weight is 255 g/mol. The Hall–Kier alpha value is -1.86. The zero-order valence-corrected chi connectivity index (χ0v) is 10.7. The van der Waals surface area contributed by atoms with Gasteiger partial charge in [0, 0.05) is 6.04 Å². The molecule has 0 bridgehead atoms. The van der Waals surface area contributed by atoms with Crippen LogP contribution in [0.3, 0.4) is 0 Å². The van der Waals surface area contributed by atoms with Crippen molar-refractivity contribution < 1.29 is 4.79 Å². The predicted molar refractivity (Wildman–Crippen MR) is 70.9 cm³/mol. The van der Waals surface area contributed by atoms with Gasteiger partial charge in [-0.05, 0) is 30.7 Å². The Bertz CT molecular complexity index is 522. The molecule has 1 amide bonds. The number of carbonyl (C=O) groups excluding carboxylic acids is 1. The third kappa shape index (κ3) is 2.22. The molecule has 0 radical (unpaired) electrons. The minimum Gasteiger partial charge on any atom is -0.322 e. The summed E-state index contributed by atoms with van der Waals surface area (Å²) in [5.74, 6) is 0.470. The first kappa shape index (κ1) is 12.2. The third-order valence-electron chi connectivity index (χ3n) is 4.12. The average Bonchev–Trinajstić information content (AvgIpc) is 3.10. The normalized spacial score (nSPS) is 29.5. The molecule has 1 saturated carbocycles. The number of rotatable bonds is 3. The Kier molecular flexibility index (Phi) is 3.00. The third-order valence-corrected chi connectivity index (χ3v) is 4.12. The van der Waals surface area contributed by atoms with Crippen molar-refractivity contribution in [2.45, 2.75) is 37.4 Å². The molecule has 1 heterocycles. The maximum Gasteiger partial charge on any atom is 0.241 e. The smallest absolute Gasteiger partial charge is 0.241 e. The fraction of sp³-hybridized carbons (Fsp3) is 0.467. The van der Waals surface area contributed by atoms with Gasteiger partial charge < -0.3 is 10.6 Å². The Morgan fingerprint density at radius 2 is 2.16 bits per heavy atom. The first-order valence-electron chi connectivity index (χ1n) is 6.72. The van der Waals surface area contributed by atoms with Gasteiger partial charge in [-0.15, -0.1) is 0 Å². The number of hydrogen-bond donors (Lipinski definition) is 1. The van der Waals surface area contributed by atoms with E-state index in [1.807, 2.05) is 30.3 Å². The molecule has 1 saturated heterocycles. The number of hydrogen-bond acceptors (Lipinski definition) is 3. The second-order valence-corrected chi connectivity index (χ2v) is 5.49. The molecule has 1 aliphatic carbocycles. The van der Waals surface area contributed by atoms with E-state index in [9.17, 15) is 4.79 Å². The highest BCUT2D eigenvalue weighted by Crippen LogP contribution is 2.47. The maximum absolute atomic E-state index is 12.4. The topological polar surface area (TPSA) is 70.1 Å². The van der Waals surface area contributed by atoms with Crippen LogP contribution in [-0.4, -0.2) is 28.9 Å². The van der Waals surface area contributed by atoms with Crippen LogP contribution in [-0.2, 0) is 11.2 Å². The molecular weight excluding hydrogens is 238 g/mol. The highest BCUT2D eigenvalue weighted by atomic mass is 16.2. The van der Waals surface area contributed by atoms with E-state index in [0.717, 1.165) is 18.4 Å². The van der Waals surface area contributed by atoms with Gasteiger partial charge in [-0.2, -0.15) is 5.26 Å². The minimum atomic E-state index is -0.544. The first-order valence-corrected chi connectivity index (χ1v) is 6.72. The van der Waals surface area contributed by atoms with Crippen LogP contribution in [0.5, 0.6) is 0 Å². The summed E-state index contributed by atoms with van der Waals surface area (Å²) in [5.41, 5.74) is 7.08. The summed E-state index contributed by atoms with van der Waals surface area (Å²) in [6, 6.07) is 11.5. The van der Waals surface area contributed by atoms with Crippen LogP contribution >= 0.6 is 0 Å². The number of benzene rings is 1. The van der Waals surface area contributed by atoms with Crippen LogP contribution < -0.4 is 5.73 Å². The van der Waals surface area contributed by atoms with E-state index in [-0.39, 0.29) is 18.0 Å². The van der Waals surface area contributed by atoms with E-state index in [1.165, 1.54) is 0 Å². The van der Waals surface area contributed by atoms with Crippen LogP contribution in [0.4, 0.5) is 0 Å². The molecule has 4 heteroatoms. The van der Waals surface area contributed by atoms with E-state index in [2.05, 4.69) is 6.07 Å². The maximum atomic E-state index is 12.4. The fourth-order valence-corrected chi connectivity index (χ4v) is 3.04. The molecule has 1 aromatic carbocycles. The van der Waals surface area contributed by atoms with Gasteiger partial charge in [0.15, 0.2) is 0 Å². The Labute approximate surface area is 112 Å². The molecule has 2 aliphatic rings. The van der Waals surface area contributed by atoms with Gasteiger partial charge in [-0.1, -0.05) is 30.3 Å². The summed E-state index contributed by atoms with van der Waals surface area (Å²) in [6.45, 7) is 0. The summed E-state index contributed by atoms with van der Waals surface area (Å²) < 4.78 is 0. The Morgan fingerprint density at radius 3 is 2.84 bits per heavy atom. The fourth-order valence-electron chi connectivity index (χ4n) is 3.04. The van der Waals surface area contributed by atoms with Gasteiger partial charge in [0.05, 0.1) is 12.1 Å². The number of likely N-dealkylation sites (tertiary alicyclic amines) is 1. The van der Waals surface area contributed by atoms with Crippen molar-refractivity contribution in [2.75, 3.05) is 0 Å². The quantitative estimate of drug-likeness (QED) is 0.878. The molecule has 0 unspecified atom stereocenters. The van der Waals surface area contributed by atoms with Gasteiger partial charge in [-0.3, -0.25) is 4.79 Å². The second kappa shape index (κ2) is 4.67. The van der Waals surface area contributed by atoms with Gasteiger partial charge in [0.2, 0.25) is 5.91 Å². The number of nitrogens with zero attached hydrogens (tertiary/aromatic N) is 2. The standard InChI is InChI=1S/C15H17N3O/c16-9-12-7-11-8-14(11)18(12)15(19)13(17)6-10-4-2-1-3-5-10/h1-5,11-14H,6-8,17H2/t11-,12+,13+,14+/m1/s1. The van der Waals surface area contributed by atoms with E-state index in [0.29, 0.717) is 12.3 Å². The lowest BCUT2D eigenvalue weighted by molar-refractivity contribution is -0.133. The van der Waals surface area contributed by atoms with Gasteiger partial charge >= 0.3 is 0 Å². The van der Waals surface area contributed by atoms with Crippen LogP contribution in [0.25, 0.3) is 0 Å². The number of amides is 1. The Balaban J connectivity index is 1.68. The van der Waals surface area contributed by atoms with Gasteiger partial charge in [-0.25, -0.2) is 0 Å². The Morgan fingerprint density at radius 1 is 1.42 bits per heavy atom. The molecule has 2 N–H and O–H groups in total. The first-order chi connectivity index (χ1) is 9.20. The highest BCUT2D eigenvalue weighted by molar-refractivity contribution is 5.83. The van der Waals surface area contributed by atoms with Crippen molar-refractivity contribution in [1.29, 1.82) is 5.26 Å². The molecule has 0 aromatic heterocycles. The number of nitriles is 1. The summed E-state index contributed by atoms with van der Waals surface area (Å²) in [7, 11) is 0. The van der Waals surface area contributed by atoms with Gasteiger partial charge in [0.25, 0.3) is 0 Å². The predicted octanol–water partition coefficient (Wildman–Crippen LogP) is 1.07. The lowest BCUT2D eigenvalue weighted by Crippen LogP contribution is -2.48. The van der Waals surface area contributed by atoms with E-state index >= 15 is 0 Å². The number of carbonyl (C=O) groups is 1. The summed E-state index contributed by atoms with van der Waals surface area (Å²) in [6.07, 6.45) is 2.40. The van der Waals surface area contributed by atoms with Crippen LogP contribution in [0, 0.1) is 17.2 Å². The van der Waals surface area contributed by atoms with Crippen molar-refractivity contribution >= 4 is 5.91 Å². The molecule has 3 rings (SSSR count). The van der Waals surface area contributed by atoms with E-state index in [1.54, 1.807) is 4.90 Å². The molecule has 98 valence electrons. The summed E-state index contributed by atoms with van der Waals surface area (Å²) in [5, 5.41) is 9.11. The molecule has 1 aliphatic heterocycles. The van der Waals surface area contributed by atoms with Gasteiger partial charge in [0.1, 0.15) is 6.04 Å². The van der Waals surface area contributed by atoms with E-state index in [4.69, 9.17) is 11.0 Å². The summed E-state index contributed by atoms with van der Waals surface area (Å²) in [4.78, 5) is 14.1. The molecule has 0 spiro atoms. The van der Waals surface area contributed by atoms with Crippen LogP contribution in [0.2, 0.25) is 0 Å². The highest BCUT2D eigenvalue weighted by Gasteiger charge is 2.54. The lowest BCUT2D eigenvalue weighted by atomic mass is 10.0. The molecule has 1 aromatic rings. The van der Waals surface area contributed by atoms with Crippen molar-refractivity contribution in [3.05, 3.63) is 35.9 Å². The zero-order valence-electron chi connectivity index (χ0n) is 10.7. The molecule has 2 fully saturated rings. The van der Waals surface area contributed by atoms with Crippen molar-refractivity contribution in [3.8, 4) is 6.07 Å². The van der Waals surface area contributed by atoms with Crippen molar-refractivity contribution in [1.82, 2.24) is 4.90 Å². The van der Waals surface area contributed by atoms with Crippen LogP contribution in [0.1, 0.15) is 18.4 Å². The van der Waals surface area contributed by atoms with E-state index < -0.39 is 6.04 Å². The van der Waals surface area contributed by atoms with Crippen LogP contribution in [0.15, 0.2) is 30.3 Å². The molecule has 4 nitrogen and oxygen atoms in total. The number of fused-ring (bicyclic) bond motifs is 1. The number of nitrogens with two attached hydrogens (primary N) is 1. The largest absolute Gasteiger partial charge is 0.322 e. The molecule has 19 heavy (non-hydrogen) atoms. The van der Waals surface area contributed by atoms with Crippen molar-refractivity contribution in [2.24, 2.45) is 11.7 Å². The molecule has 4 atom stereocenters. The zero-order chi connectivity index (χ0) is 13.4.